The second-order valence-electron chi connectivity index (χ2n) is 7.23. The van der Waals surface area contributed by atoms with Crippen LogP contribution in [-0.4, -0.2) is 32.3 Å². The van der Waals surface area contributed by atoms with Gasteiger partial charge in [-0.15, -0.1) is 0 Å². The van der Waals surface area contributed by atoms with Crippen LogP contribution in [0.25, 0.3) is 5.57 Å². The monoisotopic (exact) mass is 348 g/mol. The molecular formula is C23H28N2O. The molecule has 4 rings (SSSR count). The van der Waals surface area contributed by atoms with E-state index in [2.05, 4.69) is 71.7 Å². The van der Waals surface area contributed by atoms with Crippen molar-refractivity contribution in [1.29, 1.82) is 0 Å². The quantitative estimate of drug-likeness (QED) is 0.892. The molecule has 1 saturated heterocycles. The summed E-state index contributed by atoms with van der Waals surface area (Å²) < 4.78 is 5.36. The zero-order chi connectivity index (χ0) is 18.0. The molecule has 2 aromatic carbocycles. The zero-order valence-corrected chi connectivity index (χ0v) is 15.8. The fraction of sp³-hybridized carbons (Fsp3) is 0.391. The van der Waals surface area contributed by atoms with Crippen LogP contribution in [0.15, 0.2) is 54.6 Å². The Hall–Kier alpha value is -2.26. The van der Waals surface area contributed by atoms with Crippen molar-refractivity contribution in [2.75, 3.05) is 31.6 Å². The van der Waals surface area contributed by atoms with Crippen LogP contribution in [0.3, 0.4) is 0 Å². The standard InChI is InChI=1S/C23H28N2O/c1-3-23(22-10-6-8-18-7-4-5-9-21(18)22)17-24-15-16-25(23)19-11-13-20(26-2)14-12-19/h4-5,7,9-14,24H,3,6,8,15-17H2,1-2H3. The van der Waals surface area contributed by atoms with E-state index in [4.69, 9.17) is 4.74 Å². The van der Waals surface area contributed by atoms with Crippen molar-refractivity contribution in [1.82, 2.24) is 5.32 Å². The van der Waals surface area contributed by atoms with Crippen LogP contribution in [0.5, 0.6) is 5.75 Å². The predicted molar refractivity (Wildman–Crippen MR) is 109 cm³/mol. The Morgan fingerprint density at radius 3 is 2.69 bits per heavy atom. The number of fused-ring (bicyclic) bond motifs is 1. The van der Waals surface area contributed by atoms with Crippen LogP contribution in [0.2, 0.25) is 0 Å². The third-order valence-corrected chi connectivity index (χ3v) is 5.99. The Kier molecular flexibility index (Phi) is 4.73. The van der Waals surface area contributed by atoms with Gasteiger partial charge in [0.2, 0.25) is 0 Å². The van der Waals surface area contributed by atoms with Gasteiger partial charge in [-0.1, -0.05) is 37.3 Å². The first-order valence-corrected chi connectivity index (χ1v) is 9.70. The first-order chi connectivity index (χ1) is 12.8. The molecule has 0 aromatic heterocycles. The van der Waals surface area contributed by atoms with Crippen LogP contribution in [0.1, 0.15) is 30.9 Å². The number of methoxy groups -OCH3 is 1. The van der Waals surface area contributed by atoms with Crippen LogP contribution in [0.4, 0.5) is 5.69 Å². The van der Waals surface area contributed by atoms with Gasteiger partial charge in [0.1, 0.15) is 5.75 Å². The summed E-state index contributed by atoms with van der Waals surface area (Å²) >= 11 is 0. The van der Waals surface area contributed by atoms with E-state index in [-0.39, 0.29) is 5.54 Å². The predicted octanol–water partition coefficient (Wildman–Crippen LogP) is 4.28. The maximum atomic E-state index is 5.36. The molecule has 3 heteroatoms. The molecule has 0 amide bonds. The lowest BCUT2D eigenvalue weighted by molar-refractivity contribution is 0.389. The average Bonchev–Trinajstić information content (AvgIpc) is 2.73. The minimum absolute atomic E-state index is 0.0106. The van der Waals surface area contributed by atoms with E-state index < -0.39 is 0 Å². The smallest absolute Gasteiger partial charge is 0.119 e. The first kappa shape index (κ1) is 17.2. The molecule has 1 N–H and O–H groups in total. The van der Waals surface area contributed by atoms with Crippen LogP contribution in [0, 0.1) is 0 Å². The number of aryl methyl sites for hydroxylation is 1. The van der Waals surface area contributed by atoms with Crippen molar-refractivity contribution in [3.05, 3.63) is 65.7 Å². The number of hydrogen-bond acceptors (Lipinski definition) is 3. The number of nitrogens with zero attached hydrogens (tertiary/aromatic N) is 1. The highest BCUT2D eigenvalue weighted by molar-refractivity contribution is 5.81. The largest absolute Gasteiger partial charge is 0.497 e. The van der Waals surface area contributed by atoms with Gasteiger partial charge in [0, 0.05) is 25.3 Å². The molecule has 26 heavy (non-hydrogen) atoms. The summed E-state index contributed by atoms with van der Waals surface area (Å²) in [5.74, 6) is 0.910. The SMILES string of the molecule is CCC1(C2=CCCc3ccccc32)CNCCN1c1ccc(OC)cc1. The Morgan fingerprint density at radius 1 is 1.12 bits per heavy atom. The second kappa shape index (κ2) is 7.16. The van der Waals surface area contributed by atoms with E-state index in [9.17, 15) is 0 Å². The third kappa shape index (κ3) is 2.80. The van der Waals surface area contributed by atoms with E-state index in [0.29, 0.717) is 0 Å². The fourth-order valence-electron chi connectivity index (χ4n) is 4.60. The molecule has 1 aliphatic carbocycles. The minimum Gasteiger partial charge on any atom is -0.497 e. The summed E-state index contributed by atoms with van der Waals surface area (Å²) in [4.78, 5) is 2.61. The molecule has 2 aromatic rings. The fourth-order valence-corrected chi connectivity index (χ4v) is 4.60. The molecule has 0 radical (unpaired) electrons. The number of anilines is 1. The van der Waals surface area contributed by atoms with Crippen molar-refractivity contribution >= 4 is 11.3 Å². The van der Waals surface area contributed by atoms with Crippen molar-refractivity contribution in [2.45, 2.75) is 31.7 Å². The van der Waals surface area contributed by atoms with Gasteiger partial charge >= 0.3 is 0 Å². The molecule has 0 saturated carbocycles. The number of piperazine rings is 1. The van der Waals surface area contributed by atoms with Gasteiger partial charge in [-0.3, -0.25) is 0 Å². The van der Waals surface area contributed by atoms with Gasteiger partial charge in [-0.2, -0.15) is 0 Å². The highest BCUT2D eigenvalue weighted by Crippen LogP contribution is 2.42. The Bertz CT molecular complexity index is 796. The van der Waals surface area contributed by atoms with E-state index in [1.54, 1.807) is 7.11 Å². The molecule has 1 unspecified atom stereocenters. The second-order valence-corrected chi connectivity index (χ2v) is 7.23. The van der Waals surface area contributed by atoms with Gasteiger partial charge in [0.25, 0.3) is 0 Å². The van der Waals surface area contributed by atoms with Crippen LogP contribution in [-0.2, 0) is 6.42 Å². The number of rotatable bonds is 4. The topological polar surface area (TPSA) is 24.5 Å². The maximum absolute atomic E-state index is 5.36. The number of ether oxygens (including phenoxy) is 1. The van der Waals surface area contributed by atoms with Crippen molar-refractivity contribution in [3.8, 4) is 5.75 Å². The van der Waals surface area contributed by atoms with Gasteiger partial charge < -0.3 is 15.0 Å². The maximum Gasteiger partial charge on any atom is 0.119 e. The van der Waals surface area contributed by atoms with Gasteiger partial charge in [-0.25, -0.2) is 0 Å². The molecule has 0 bridgehead atoms. The highest BCUT2D eigenvalue weighted by atomic mass is 16.5. The lowest BCUT2D eigenvalue weighted by Gasteiger charge is -2.51. The number of hydrogen-bond donors (Lipinski definition) is 1. The Morgan fingerprint density at radius 2 is 1.92 bits per heavy atom. The molecular weight excluding hydrogens is 320 g/mol. The summed E-state index contributed by atoms with van der Waals surface area (Å²) in [5, 5.41) is 3.67. The molecule has 1 aliphatic heterocycles. The molecule has 2 aliphatic rings. The van der Waals surface area contributed by atoms with E-state index in [0.717, 1.165) is 44.6 Å². The van der Waals surface area contributed by atoms with Crippen molar-refractivity contribution in [2.24, 2.45) is 0 Å². The molecule has 1 heterocycles. The van der Waals surface area contributed by atoms with Crippen molar-refractivity contribution < 1.29 is 4.74 Å². The molecule has 1 fully saturated rings. The Labute approximate surface area is 156 Å². The summed E-state index contributed by atoms with van der Waals surface area (Å²) in [7, 11) is 1.72. The summed E-state index contributed by atoms with van der Waals surface area (Å²) in [5.41, 5.74) is 5.67. The Balaban J connectivity index is 1.79. The molecule has 3 nitrogen and oxygen atoms in total. The van der Waals surface area contributed by atoms with Gasteiger partial charge in [0.05, 0.1) is 12.6 Å². The summed E-state index contributed by atoms with van der Waals surface area (Å²) in [6.07, 6.45) is 5.83. The minimum atomic E-state index is -0.0106. The number of allylic oxidation sites excluding steroid dienone is 1. The lowest BCUT2D eigenvalue weighted by atomic mass is 9.75. The van der Waals surface area contributed by atoms with Gasteiger partial charge in [-0.05, 0) is 60.2 Å². The summed E-state index contributed by atoms with van der Waals surface area (Å²) in [6.45, 7) is 5.33. The molecule has 136 valence electrons. The zero-order valence-electron chi connectivity index (χ0n) is 15.8. The normalized spacial score (nSPS) is 22.5. The summed E-state index contributed by atoms with van der Waals surface area (Å²) in [6, 6.07) is 17.5. The number of benzene rings is 2. The van der Waals surface area contributed by atoms with Crippen LogP contribution < -0.4 is 15.0 Å². The van der Waals surface area contributed by atoms with Crippen LogP contribution >= 0.6 is 0 Å². The molecule has 0 spiro atoms. The number of nitrogens with one attached hydrogen (secondary N) is 1. The van der Waals surface area contributed by atoms with E-state index in [1.165, 1.54) is 22.4 Å². The van der Waals surface area contributed by atoms with E-state index in [1.807, 2.05) is 0 Å². The van der Waals surface area contributed by atoms with Gasteiger partial charge in [0.15, 0.2) is 0 Å². The highest BCUT2D eigenvalue weighted by Gasteiger charge is 2.42. The molecule has 1 atom stereocenters. The van der Waals surface area contributed by atoms with Crippen molar-refractivity contribution in [3.63, 3.8) is 0 Å². The average molecular weight is 348 g/mol. The van der Waals surface area contributed by atoms with E-state index >= 15 is 0 Å². The lowest BCUT2D eigenvalue weighted by Crippen LogP contribution is -2.62. The third-order valence-electron chi connectivity index (χ3n) is 5.99. The first-order valence-electron chi connectivity index (χ1n) is 9.70.